The normalized spacial score (nSPS) is 10.4. The van der Waals surface area contributed by atoms with Crippen molar-refractivity contribution in [2.75, 3.05) is 5.32 Å². The van der Waals surface area contributed by atoms with Crippen molar-refractivity contribution >= 4 is 50.9 Å². The van der Waals surface area contributed by atoms with Gasteiger partial charge in [-0.3, -0.25) is 14.9 Å². The van der Waals surface area contributed by atoms with Crippen LogP contribution in [0, 0.1) is 3.57 Å². The second-order valence-electron chi connectivity index (χ2n) is 4.94. The molecule has 5 nitrogen and oxygen atoms in total. The van der Waals surface area contributed by atoms with Crippen LogP contribution in [0.3, 0.4) is 0 Å². The first-order valence-electron chi connectivity index (χ1n) is 6.95. The van der Waals surface area contributed by atoms with E-state index in [1.807, 2.05) is 23.6 Å². The highest BCUT2D eigenvalue weighted by Gasteiger charge is 2.11. The summed E-state index contributed by atoms with van der Waals surface area (Å²) in [6.07, 6.45) is 0. The second-order valence-corrected chi connectivity index (χ2v) is 7.05. The number of hydrogen-bond donors (Lipinski definition) is 2. The Kier molecular flexibility index (Phi) is 4.91. The summed E-state index contributed by atoms with van der Waals surface area (Å²) in [6, 6.07) is 14.2. The van der Waals surface area contributed by atoms with E-state index in [1.165, 1.54) is 11.3 Å². The third-order valence-corrected chi connectivity index (χ3v) is 4.75. The SMILES string of the molecule is NC(=O)c1cccc(-c2csc(NC(=O)c3ccc(I)cc3)n2)c1. The molecule has 24 heavy (non-hydrogen) atoms. The van der Waals surface area contributed by atoms with E-state index in [9.17, 15) is 9.59 Å². The second kappa shape index (κ2) is 7.10. The van der Waals surface area contributed by atoms with Gasteiger partial charge >= 0.3 is 0 Å². The van der Waals surface area contributed by atoms with Crippen LogP contribution in [0.25, 0.3) is 11.3 Å². The van der Waals surface area contributed by atoms with Crippen molar-refractivity contribution in [2.24, 2.45) is 5.73 Å². The molecule has 0 atom stereocenters. The average molecular weight is 449 g/mol. The van der Waals surface area contributed by atoms with Crippen LogP contribution >= 0.6 is 33.9 Å². The van der Waals surface area contributed by atoms with E-state index in [-0.39, 0.29) is 5.91 Å². The highest BCUT2D eigenvalue weighted by Crippen LogP contribution is 2.26. The number of primary amides is 1. The molecule has 7 heteroatoms. The van der Waals surface area contributed by atoms with Gasteiger partial charge in [0.25, 0.3) is 5.91 Å². The molecule has 0 unspecified atom stereocenters. The largest absolute Gasteiger partial charge is 0.366 e. The number of aromatic nitrogens is 1. The third kappa shape index (κ3) is 3.80. The number of nitrogens with two attached hydrogens (primary N) is 1. The van der Waals surface area contributed by atoms with Crippen molar-refractivity contribution in [3.63, 3.8) is 0 Å². The molecule has 120 valence electrons. The number of amides is 2. The van der Waals surface area contributed by atoms with Crippen molar-refractivity contribution in [1.82, 2.24) is 4.98 Å². The van der Waals surface area contributed by atoms with E-state index in [0.29, 0.717) is 22.0 Å². The first-order chi connectivity index (χ1) is 11.5. The summed E-state index contributed by atoms with van der Waals surface area (Å²) in [5, 5.41) is 5.10. The number of nitrogens with one attached hydrogen (secondary N) is 1. The maximum atomic E-state index is 12.2. The van der Waals surface area contributed by atoms with Crippen molar-refractivity contribution in [2.45, 2.75) is 0 Å². The van der Waals surface area contributed by atoms with E-state index in [0.717, 1.165) is 9.13 Å². The molecule has 0 radical (unpaired) electrons. The van der Waals surface area contributed by atoms with Gasteiger partial charge in [0.1, 0.15) is 0 Å². The Bertz CT molecular complexity index is 906. The molecule has 0 saturated heterocycles. The number of hydrogen-bond acceptors (Lipinski definition) is 4. The summed E-state index contributed by atoms with van der Waals surface area (Å²) in [7, 11) is 0. The van der Waals surface area contributed by atoms with Crippen LogP contribution in [0.5, 0.6) is 0 Å². The Hall–Kier alpha value is -2.26. The molecule has 2 aromatic carbocycles. The number of benzene rings is 2. The molecule has 0 aliphatic carbocycles. The van der Waals surface area contributed by atoms with Gasteiger partial charge in [-0.05, 0) is 59.0 Å². The van der Waals surface area contributed by atoms with Crippen molar-refractivity contribution in [3.8, 4) is 11.3 Å². The predicted octanol–water partition coefficient (Wildman–Crippen LogP) is 3.77. The van der Waals surface area contributed by atoms with Crippen LogP contribution in [0.1, 0.15) is 20.7 Å². The van der Waals surface area contributed by atoms with Crippen molar-refractivity contribution in [1.29, 1.82) is 0 Å². The van der Waals surface area contributed by atoms with Crippen LogP contribution in [-0.4, -0.2) is 16.8 Å². The van der Waals surface area contributed by atoms with Gasteiger partial charge in [0, 0.05) is 25.6 Å². The molecular formula is C17H12IN3O2S. The Morgan fingerprint density at radius 1 is 1.08 bits per heavy atom. The van der Waals surface area contributed by atoms with Gasteiger partial charge < -0.3 is 5.73 Å². The molecule has 3 rings (SSSR count). The summed E-state index contributed by atoms with van der Waals surface area (Å²) in [5.41, 5.74) is 7.74. The lowest BCUT2D eigenvalue weighted by atomic mass is 10.1. The van der Waals surface area contributed by atoms with Crippen molar-refractivity contribution in [3.05, 3.63) is 68.6 Å². The first kappa shape index (κ1) is 16.6. The van der Waals surface area contributed by atoms with Crippen LogP contribution in [0.4, 0.5) is 5.13 Å². The number of anilines is 1. The molecule has 0 aliphatic heterocycles. The molecule has 1 heterocycles. The average Bonchev–Trinajstić information content (AvgIpc) is 3.04. The molecule has 0 spiro atoms. The van der Waals surface area contributed by atoms with Crippen LogP contribution < -0.4 is 11.1 Å². The van der Waals surface area contributed by atoms with Gasteiger partial charge in [0.2, 0.25) is 5.91 Å². The molecule has 0 fully saturated rings. The fourth-order valence-electron chi connectivity index (χ4n) is 2.07. The zero-order valence-corrected chi connectivity index (χ0v) is 15.3. The number of carbonyl (C=O) groups excluding carboxylic acids is 2. The van der Waals surface area contributed by atoms with Crippen LogP contribution in [0.15, 0.2) is 53.9 Å². The summed E-state index contributed by atoms with van der Waals surface area (Å²) in [5.74, 6) is -0.697. The molecule has 3 aromatic rings. The van der Waals surface area contributed by atoms with Gasteiger partial charge in [-0.1, -0.05) is 12.1 Å². The molecule has 2 amide bonds. The highest BCUT2D eigenvalue weighted by atomic mass is 127. The molecule has 1 aromatic heterocycles. The topological polar surface area (TPSA) is 85.1 Å². The van der Waals surface area contributed by atoms with E-state index in [2.05, 4.69) is 32.9 Å². The minimum absolute atomic E-state index is 0.210. The van der Waals surface area contributed by atoms with E-state index < -0.39 is 5.91 Å². The molecule has 0 bridgehead atoms. The minimum atomic E-state index is -0.487. The lowest BCUT2D eigenvalue weighted by molar-refractivity contribution is 0.0997. The predicted molar refractivity (Wildman–Crippen MR) is 103 cm³/mol. The maximum absolute atomic E-state index is 12.2. The monoisotopic (exact) mass is 449 g/mol. The number of nitrogens with zero attached hydrogens (tertiary/aromatic N) is 1. The number of carbonyl (C=O) groups is 2. The van der Waals surface area contributed by atoms with Gasteiger partial charge in [-0.15, -0.1) is 11.3 Å². The fourth-order valence-corrected chi connectivity index (χ4v) is 3.14. The number of thiazole rings is 1. The van der Waals surface area contributed by atoms with Gasteiger partial charge in [-0.2, -0.15) is 0 Å². The van der Waals surface area contributed by atoms with E-state index in [1.54, 1.807) is 30.3 Å². The summed E-state index contributed by atoms with van der Waals surface area (Å²) in [6.45, 7) is 0. The molecule has 0 saturated carbocycles. The Labute approximate surface area is 156 Å². The Morgan fingerprint density at radius 2 is 1.83 bits per heavy atom. The summed E-state index contributed by atoms with van der Waals surface area (Å²) < 4.78 is 1.06. The zero-order valence-electron chi connectivity index (χ0n) is 12.3. The fraction of sp³-hybridized carbons (Fsp3) is 0. The van der Waals surface area contributed by atoms with E-state index in [4.69, 9.17) is 5.73 Å². The summed E-state index contributed by atoms with van der Waals surface area (Å²) >= 11 is 3.51. The molecular weight excluding hydrogens is 437 g/mol. The minimum Gasteiger partial charge on any atom is -0.366 e. The number of rotatable bonds is 4. The van der Waals surface area contributed by atoms with Gasteiger partial charge in [0.05, 0.1) is 5.69 Å². The highest BCUT2D eigenvalue weighted by molar-refractivity contribution is 14.1. The lowest BCUT2D eigenvalue weighted by Crippen LogP contribution is -2.11. The molecule has 3 N–H and O–H groups in total. The quantitative estimate of drug-likeness (QED) is 0.595. The number of halogens is 1. The zero-order chi connectivity index (χ0) is 17.1. The van der Waals surface area contributed by atoms with Gasteiger partial charge in [0.15, 0.2) is 5.13 Å². The Morgan fingerprint density at radius 3 is 2.54 bits per heavy atom. The van der Waals surface area contributed by atoms with Crippen LogP contribution in [-0.2, 0) is 0 Å². The van der Waals surface area contributed by atoms with Crippen LogP contribution in [0.2, 0.25) is 0 Å². The van der Waals surface area contributed by atoms with E-state index >= 15 is 0 Å². The summed E-state index contributed by atoms with van der Waals surface area (Å²) in [4.78, 5) is 27.9. The van der Waals surface area contributed by atoms with Crippen molar-refractivity contribution < 1.29 is 9.59 Å². The first-order valence-corrected chi connectivity index (χ1v) is 8.91. The lowest BCUT2D eigenvalue weighted by Gasteiger charge is -2.02. The van der Waals surface area contributed by atoms with Gasteiger partial charge in [-0.25, -0.2) is 4.98 Å². The smallest absolute Gasteiger partial charge is 0.257 e. The standard InChI is InChI=1S/C17H12IN3O2S/c18-13-6-4-10(5-7-13)16(23)21-17-20-14(9-24-17)11-2-1-3-12(8-11)15(19)22/h1-9H,(H2,19,22)(H,20,21,23). The Balaban J connectivity index is 1.78. The molecule has 0 aliphatic rings. The maximum Gasteiger partial charge on any atom is 0.257 e. The third-order valence-electron chi connectivity index (χ3n) is 3.27.